The molecule has 0 bridgehead atoms. The van der Waals surface area contributed by atoms with Crippen molar-refractivity contribution in [3.05, 3.63) is 34.6 Å². The van der Waals surface area contributed by atoms with Crippen LogP contribution in [-0.4, -0.2) is 29.8 Å². The van der Waals surface area contributed by atoms with Crippen LogP contribution in [0.4, 0.5) is 4.39 Å². The van der Waals surface area contributed by atoms with E-state index < -0.39 is 0 Å². The van der Waals surface area contributed by atoms with Gasteiger partial charge in [0, 0.05) is 30.0 Å². The molecule has 2 N–H and O–H groups in total. The predicted molar refractivity (Wildman–Crippen MR) is 72.1 cm³/mol. The Morgan fingerprint density at radius 2 is 2.29 bits per heavy atom. The molecule has 0 radical (unpaired) electrons. The number of hydrogen-bond donors (Lipinski definition) is 2. The van der Waals surface area contributed by atoms with E-state index in [0.717, 1.165) is 11.3 Å². The first-order valence-corrected chi connectivity index (χ1v) is 7.21. The van der Waals surface area contributed by atoms with Crippen LogP contribution < -0.4 is 5.32 Å². The highest BCUT2D eigenvalue weighted by atomic mass is 35.5. The Balaban J connectivity index is 2.52. The van der Waals surface area contributed by atoms with Crippen LogP contribution in [0.2, 0.25) is 5.02 Å². The lowest BCUT2D eigenvalue weighted by atomic mass is 10.2. The van der Waals surface area contributed by atoms with Gasteiger partial charge in [0.25, 0.3) is 0 Å². The van der Waals surface area contributed by atoms with Crippen molar-refractivity contribution in [2.75, 3.05) is 18.6 Å². The summed E-state index contributed by atoms with van der Waals surface area (Å²) >= 11 is 7.66. The maximum Gasteiger partial charge on any atom is 0.124 e. The van der Waals surface area contributed by atoms with Crippen molar-refractivity contribution < 1.29 is 9.50 Å². The molecule has 0 saturated heterocycles. The third-order valence-electron chi connectivity index (χ3n) is 2.44. The second kappa shape index (κ2) is 7.93. The fourth-order valence-electron chi connectivity index (χ4n) is 1.52. The van der Waals surface area contributed by atoms with Gasteiger partial charge in [0.15, 0.2) is 0 Å². The summed E-state index contributed by atoms with van der Waals surface area (Å²) in [6.07, 6.45) is 2.73. The molecule has 0 aliphatic heterocycles. The topological polar surface area (TPSA) is 32.3 Å². The van der Waals surface area contributed by atoms with Crippen LogP contribution in [0.15, 0.2) is 18.2 Å². The number of thioether (sulfide) groups is 1. The average Bonchev–Trinajstić information content (AvgIpc) is 2.28. The lowest BCUT2D eigenvalue weighted by Crippen LogP contribution is -2.31. The smallest absolute Gasteiger partial charge is 0.124 e. The van der Waals surface area contributed by atoms with Crippen LogP contribution in [-0.2, 0) is 6.54 Å². The second-order valence-electron chi connectivity index (χ2n) is 3.78. The molecule has 0 saturated carbocycles. The summed E-state index contributed by atoms with van der Waals surface area (Å²) in [5, 5.41) is 12.7. The first kappa shape index (κ1) is 14.8. The highest BCUT2D eigenvalue weighted by molar-refractivity contribution is 7.98. The number of halogens is 2. The fraction of sp³-hybridized carbons (Fsp3) is 0.500. The number of benzene rings is 1. The third-order valence-corrected chi connectivity index (χ3v) is 3.53. The first-order valence-electron chi connectivity index (χ1n) is 5.44. The number of aliphatic hydroxyl groups is 1. The molecular formula is C12H17ClFNOS. The quantitative estimate of drug-likeness (QED) is 0.804. The summed E-state index contributed by atoms with van der Waals surface area (Å²) in [7, 11) is 0. The van der Waals surface area contributed by atoms with Gasteiger partial charge in [-0.25, -0.2) is 4.39 Å². The minimum absolute atomic E-state index is 0.162. The minimum atomic E-state index is -0.324. The molecule has 2 nitrogen and oxygen atoms in total. The standard InChI is InChI=1S/C12H17ClFNOS/c1-17-8-11(4-5-16)15-7-9-2-3-10(14)6-12(9)13/h2-3,6,11,15-16H,4-5,7-8H2,1H3. The molecule has 0 aliphatic carbocycles. The molecule has 0 spiro atoms. The summed E-state index contributed by atoms with van der Waals surface area (Å²) in [5.74, 6) is 0.606. The zero-order valence-electron chi connectivity index (χ0n) is 9.75. The molecule has 17 heavy (non-hydrogen) atoms. The fourth-order valence-corrected chi connectivity index (χ4v) is 2.44. The van der Waals surface area contributed by atoms with E-state index in [1.54, 1.807) is 17.8 Å². The Morgan fingerprint density at radius 3 is 2.88 bits per heavy atom. The van der Waals surface area contributed by atoms with Crippen molar-refractivity contribution in [2.24, 2.45) is 0 Å². The van der Waals surface area contributed by atoms with Crippen molar-refractivity contribution in [2.45, 2.75) is 19.0 Å². The monoisotopic (exact) mass is 277 g/mol. The number of aliphatic hydroxyl groups excluding tert-OH is 1. The van der Waals surface area contributed by atoms with E-state index in [2.05, 4.69) is 5.32 Å². The maximum absolute atomic E-state index is 12.8. The van der Waals surface area contributed by atoms with Gasteiger partial charge in [-0.2, -0.15) is 11.8 Å². The minimum Gasteiger partial charge on any atom is -0.396 e. The van der Waals surface area contributed by atoms with Gasteiger partial charge in [-0.3, -0.25) is 0 Å². The molecule has 1 rings (SSSR count). The molecule has 1 unspecified atom stereocenters. The molecule has 0 aromatic heterocycles. The highest BCUT2D eigenvalue weighted by Crippen LogP contribution is 2.17. The van der Waals surface area contributed by atoms with Gasteiger partial charge in [-0.15, -0.1) is 0 Å². The zero-order chi connectivity index (χ0) is 12.7. The molecule has 0 fully saturated rings. The Hall–Kier alpha value is -0.290. The van der Waals surface area contributed by atoms with Gasteiger partial charge in [-0.05, 0) is 30.4 Å². The number of rotatable bonds is 7. The Morgan fingerprint density at radius 1 is 1.53 bits per heavy atom. The van der Waals surface area contributed by atoms with Gasteiger partial charge < -0.3 is 10.4 Å². The maximum atomic E-state index is 12.8. The van der Waals surface area contributed by atoms with E-state index in [9.17, 15) is 4.39 Å². The molecule has 1 aromatic carbocycles. The molecule has 0 aliphatic rings. The van der Waals surface area contributed by atoms with E-state index >= 15 is 0 Å². The SMILES string of the molecule is CSCC(CCO)NCc1ccc(F)cc1Cl. The van der Waals surface area contributed by atoms with Crippen molar-refractivity contribution in [1.29, 1.82) is 0 Å². The molecule has 1 aromatic rings. The van der Waals surface area contributed by atoms with Crippen LogP contribution in [0.25, 0.3) is 0 Å². The van der Waals surface area contributed by atoms with Crippen LogP contribution in [0.3, 0.4) is 0 Å². The normalized spacial score (nSPS) is 12.7. The van der Waals surface area contributed by atoms with Gasteiger partial charge in [-0.1, -0.05) is 17.7 Å². The van der Waals surface area contributed by atoms with E-state index in [4.69, 9.17) is 16.7 Å². The molecule has 1 atom stereocenters. The largest absolute Gasteiger partial charge is 0.396 e. The lowest BCUT2D eigenvalue weighted by Gasteiger charge is -2.17. The van der Waals surface area contributed by atoms with Crippen LogP contribution in [0, 0.1) is 5.82 Å². The Bertz CT molecular complexity index is 345. The van der Waals surface area contributed by atoms with Gasteiger partial charge in [0.1, 0.15) is 5.82 Å². The second-order valence-corrected chi connectivity index (χ2v) is 5.10. The Labute approximate surface area is 111 Å². The molecule has 0 heterocycles. The summed E-state index contributed by atoms with van der Waals surface area (Å²) in [5.41, 5.74) is 0.872. The summed E-state index contributed by atoms with van der Waals surface area (Å²) in [4.78, 5) is 0. The van der Waals surface area contributed by atoms with Crippen molar-refractivity contribution >= 4 is 23.4 Å². The summed E-state index contributed by atoms with van der Waals surface area (Å²) in [6.45, 7) is 0.750. The summed E-state index contributed by atoms with van der Waals surface area (Å²) < 4.78 is 12.8. The van der Waals surface area contributed by atoms with Gasteiger partial charge in [0.2, 0.25) is 0 Å². The molecular weight excluding hydrogens is 261 g/mol. The van der Waals surface area contributed by atoms with E-state index in [1.165, 1.54) is 12.1 Å². The lowest BCUT2D eigenvalue weighted by molar-refractivity contribution is 0.270. The average molecular weight is 278 g/mol. The van der Waals surface area contributed by atoms with E-state index in [-0.39, 0.29) is 18.5 Å². The third kappa shape index (κ3) is 5.25. The highest BCUT2D eigenvalue weighted by Gasteiger charge is 2.08. The molecule has 96 valence electrons. The van der Waals surface area contributed by atoms with Crippen molar-refractivity contribution in [1.82, 2.24) is 5.32 Å². The number of nitrogens with one attached hydrogen (secondary N) is 1. The zero-order valence-corrected chi connectivity index (χ0v) is 11.3. The van der Waals surface area contributed by atoms with Crippen LogP contribution in [0.1, 0.15) is 12.0 Å². The first-order chi connectivity index (χ1) is 8.17. The van der Waals surface area contributed by atoms with E-state index in [0.29, 0.717) is 18.0 Å². The van der Waals surface area contributed by atoms with E-state index in [1.807, 2.05) is 6.26 Å². The number of hydrogen-bond acceptors (Lipinski definition) is 3. The van der Waals surface area contributed by atoms with Crippen molar-refractivity contribution in [3.63, 3.8) is 0 Å². The van der Waals surface area contributed by atoms with Crippen LogP contribution in [0.5, 0.6) is 0 Å². The van der Waals surface area contributed by atoms with Crippen LogP contribution >= 0.6 is 23.4 Å². The predicted octanol–water partition coefficient (Wildman–Crippen LogP) is 2.68. The summed E-state index contributed by atoms with van der Waals surface area (Å²) in [6, 6.07) is 4.64. The van der Waals surface area contributed by atoms with Gasteiger partial charge >= 0.3 is 0 Å². The van der Waals surface area contributed by atoms with Crippen molar-refractivity contribution in [3.8, 4) is 0 Å². The molecule has 5 heteroatoms. The molecule has 0 amide bonds. The Kier molecular flexibility index (Phi) is 6.89. The van der Waals surface area contributed by atoms with Gasteiger partial charge in [0.05, 0.1) is 0 Å².